The summed E-state index contributed by atoms with van der Waals surface area (Å²) < 4.78 is 6.20. The number of hydrogen-bond acceptors (Lipinski definition) is 5. The molecule has 0 bridgehead atoms. The van der Waals surface area contributed by atoms with E-state index in [1.54, 1.807) is 18.3 Å². The maximum atomic E-state index is 10.9. The summed E-state index contributed by atoms with van der Waals surface area (Å²) >= 11 is 3.29. The van der Waals surface area contributed by atoms with Gasteiger partial charge in [-0.1, -0.05) is 22.9 Å². The number of aromatic nitrogens is 1. The summed E-state index contributed by atoms with van der Waals surface area (Å²) in [6, 6.07) is 4.73. The highest BCUT2D eigenvalue weighted by atomic mass is 79.9. The zero-order valence-electron chi connectivity index (χ0n) is 10.2. The third-order valence-corrected chi connectivity index (χ3v) is 3.03. The summed E-state index contributed by atoms with van der Waals surface area (Å²) in [4.78, 5) is 14.6. The molecule has 0 aliphatic heterocycles. The Morgan fingerprint density at radius 1 is 1.53 bits per heavy atom. The SMILES string of the molecule is CCc1cnc(CNc2cc(Br)ccc2[N+](=O)[O-])o1. The van der Waals surface area contributed by atoms with Crippen molar-refractivity contribution >= 4 is 27.3 Å². The van der Waals surface area contributed by atoms with Gasteiger partial charge in [0, 0.05) is 17.0 Å². The van der Waals surface area contributed by atoms with Crippen LogP contribution in [0.4, 0.5) is 11.4 Å². The van der Waals surface area contributed by atoms with Crippen molar-refractivity contribution in [2.24, 2.45) is 0 Å². The molecule has 0 saturated carbocycles. The number of nitro benzene ring substituents is 1. The molecule has 0 spiro atoms. The van der Waals surface area contributed by atoms with E-state index in [0.717, 1.165) is 16.7 Å². The fraction of sp³-hybridized carbons (Fsp3) is 0.250. The number of rotatable bonds is 5. The Bertz CT molecular complexity index is 598. The van der Waals surface area contributed by atoms with Crippen LogP contribution in [0.3, 0.4) is 0 Å². The molecule has 100 valence electrons. The van der Waals surface area contributed by atoms with Gasteiger partial charge in [-0.2, -0.15) is 0 Å². The second-order valence-corrected chi connectivity index (χ2v) is 4.76. The minimum absolute atomic E-state index is 0.0190. The standard InChI is InChI=1S/C12H12BrN3O3/c1-2-9-6-15-12(19-9)7-14-10-5-8(13)3-4-11(10)16(17)18/h3-6,14H,2,7H2,1H3. The van der Waals surface area contributed by atoms with E-state index in [4.69, 9.17) is 4.42 Å². The molecule has 0 aliphatic carbocycles. The second kappa shape index (κ2) is 5.83. The van der Waals surface area contributed by atoms with Gasteiger partial charge in [0.2, 0.25) is 5.89 Å². The molecule has 0 fully saturated rings. The average Bonchev–Trinajstić information content (AvgIpc) is 2.84. The van der Waals surface area contributed by atoms with Crippen LogP contribution in [0.2, 0.25) is 0 Å². The predicted molar refractivity (Wildman–Crippen MR) is 74.0 cm³/mol. The van der Waals surface area contributed by atoms with Gasteiger partial charge in [-0.3, -0.25) is 10.1 Å². The Labute approximate surface area is 118 Å². The zero-order valence-corrected chi connectivity index (χ0v) is 11.8. The smallest absolute Gasteiger partial charge is 0.292 e. The Kier molecular flexibility index (Phi) is 4.16. The number of anilines is 1. The molecule has 0 unspecified atom stereocenters. The molecular weight excluding hydrogens is 314 g/mol. The number of nitro groups is 1. The van der Waals surface area contributed by atoms with Crippen molar-refractivity contribution in [1.29, 1.82) is 0 Å². The molecule has 1 aromatic carbocycles. The molecule has 0 amide bonds. The normalized spacial score (nSPS) is 10.4. The minimum atomic E-state index is -0.429. The molecule has 1 heterocycles. The number of benzene rings is 1. The Balaban J connectivity index is 2.14. The monoisotopic (exact) mass is 325 g/mol. The van der Waals surface area contributed by atoms with Gasteiger partial charge in [-0.15, -0.1) is 0 Å². The number of oxazole rings is 1. The van der Waals surface area contributed by atoms with Crippen molar-refractivity contribution in [3.8, 4) is 0 Å². The molecule has 0 aliphatic rings. The molecule has 2 aromatic rings. The van der Waals surface area contributed by atoms with Crippen molar-refractivity contribution < 1.29 is 9.34 Å². The lowest BCUT2D eigenvalue weighted by Gasteiger charge is -2.05. The minimum Gasteiger partial charge on any atom is -0.444 e. The van der Waals surface area contributed by atoms with Gasteiger partial charge >= 0.3 is 0 Å². The maximum Gasteiger partial charge on any atom is 0.292 e. The third kappa shape index (κ3) is 3.31. The molecule has 0 radical (unpaired) electrons. The number of hydrogen-bond donors (Lipinski definition) is 1. The van der Waals surface area contributed by atoms with Crippen LogP contribution in [0.1, 0.15) is 18.6 Å². The van der Waals surface area contributed by atoms with E-state index in [1.807, 2.05) is 6.92 Å². The van der Waals surface area contributed by atoms with Crippen LogP contribution in [0.25, 0.3) is 0 Å². The van der Waals surface area contributed by atoms with Crippen LogP contribution in [0.5, 0.6) is 0 Å². The molecule has 1 N–H and O–H groups in total. The molecular formula is C12H12BrN3O3. The summed E-state index contributed by atoms with van der Waals surface area (Å²) in [7, 11) is 0. The Hall–Kier alpha value is -1.89. The molecule has 0 saturated heterocycles. The lowest BCUT2D eigenvalue weighted by atomic mass is 10.2. The number of nitrogens with zero attached hydrogens (tertiary/aromatic N) is 2. The van der Waals surface area contributed by atoms with E-state index in [1.165, 1.54) is 6.07 Å². The maximum absolute atomic E-state index is 10.9. The summed E-state index contributed by atoms with van der Waals surface area (Å²) in [6.45, 7) is 2.27. The average molecular weight is 326 g/mol. The van der Waals surface area contributed by atoms with E-state index >= 15 is 0 Å². The third-order valence-electron chi connectivity index (χ3n) is 2.54. The van der Waals surface area contributed by atoms with E-state index in [9.17, 15) is 10.1 Å². The van der Waals surface area contributed by atoms with Gasteiger partial charge in [0.15, 0.2) is 0 Å². The molecule has 2 rings (SSSR count). The summed E-state index contributed by atoms with van der Waals surface area (Å²) in [5.41, 5.74) is 0.445. The fourth-order valence-electron chi connectivity index (χ4n) is 1.57. The first-order valence-corrected chi connectivity index (χ1v) is 6.51. The van der Waals surface area contributed by atoms with Crippen LogP contribution in [0.15, 0.2) is 33.3 Å². The van der Waals surface area contributed by atoms with Gasteiger partial charge in [0.1, 0.15) is 11.4 Å². The van der Waals surface area contributed by atoms with E-state index in [-0.39, 0.29) is 5.69 Å². The quantitative estimate of drug-likeness (QED) is 0.671. The zero-order chi connectivity index (χ0) is 13.8. The van der Waals surface area contributed by atoms with Gasteiger partial charge in [-0.25, -0.2) is 4.98 Å². The number of nitrogens with one attached hydrogen (secondary N) is 1. The Morgan fingerprint density at radius 2 is 2.32 bits per heavy atom. The van der Waals surface area contributed by atoms with Crippen molar-refractivity contribution in [3.05, 3.63) is 50.6 Å². The summed E-state index contributed by atoms with van der Waals surface area (Å²) in [5.74, 6) is 1.30. The van der Waals surface area contributed by atoms with Gasteiger partial charge in [-0.05, 0) is 12.1 Å². The van der Waals surface area contributed by atoms with Crippen molar-refractivity contribution in [3.63, 3.8) is 0 Å². The van der Waals surface area contributed by atoms with Crippen LogP contribution < -0.4 is 5.32 Å². The van der Waals surface area contributed by atoms with Crippen LogP contribution >= 0.6 is 15.9 Å². The highest BCUT2D eigenvalue weighted by molar-refractivity contribution is 9.10. The molecule has 7 heteroatoms. The lowest BCUT2D eigenvalue weighted by molar-refractivity contribution is -0.384. The van der Waals surface area contributed by atoms with Crippen LogP contribution in [-0.2, 0) is 13.0 Å². The molecule has 1 aromatic heterocycles. The largest absolute Gasteiger partial charge is 0.444 e. The topological polar surface area (TPSA) is 81.2 Å². The first-order valence-electron chi connectivity index (χ1n) is 5.71. The Morgan fingerprint density at radius 3 is 2.95 bits per heavy atom. The molecule has 0 atom stereocenters. The van der Waals surface area contributed by atoms with E-state index in [2.05, 4.69) is 26.2 Å². The van der Waals surface area contributed by atoms with Crippen molar-refractivity contribution in [2.75, 3.05) is 5.32 Å². The van der Waals surface area contributed by atoms with Crippen LogP contribution in [0, 0.1) is 10.1 Å². The lowest BCUT2D eigenvalue weighted by Crippen LogP contribution is -2.02. The van der Waals surface area contributed by atoms with Gasteiger partial charge in [0.25, 0.3) is 5.69 Å². The highest BCUT2D eigenvalue weighted by Gasteiger charge is 2.14. The first-order chi connectivity index (χ1) is 9.10. The second-order valence-electron chi connectivity index (χ2n) is 3.85. The highest BCUT2D eigenvalue weighted by Crippen LogP contribution is 2.28. The molecule has 6 nitrogen and oxygen atoms in total. The van der Waals surface area contributed by atoms with E-state index < -0.39 is 4.92 Å². The fourth-order valence-corrected chi connectivity index (χ4v) is 1.93. The number of halogens is 1. The van der Waals surface area contributed by atoms with Gasteiger partial charge in [0.05, 0.1) is 17.7 Å². The van der Waals surface area contributed by atoms with Crippen molar-refractivity contribution in [1.82, 2.24) is 4.98 Å². The number of aryl methyl sites for hydroxylation is 1. The predicted octanol–water partition coefficient (Wildman–Crippen LogP) is 3.52. The van der Waals surface area contributed by atoms with Crippen molar-refractivity contribution in [2.45, 2.75) is 19.9 Å². The first kappa shape index (κ1) is 13.5. The summed E-state index contributed by atoms with van der Waals surface area (Å²) in [5, 5.41) is 13.9. The van der Waals surface area contributed by atoms with E-state index in [0.29, 0.717) is 18.1 Å². The molecule has 19 heavy (non-hydrogen) atoms. The summed E-state index contributed by atoms with van der Waals surface area (Å²) in [6.07, 6.45) is 2.43. The van der Waals surface area contributed by atoms with Gasteiger partial charge < -0.3 is 9.73 Å². The van der Waals surface area contributed by atoms with Crippen LogP contribution in [-0.4, -0.2) is 9.91 Å².